The van der Waals surface area contributed by atoms with E-state index in [1.54, 1.807) is 19.1 Å². The Morgan fingerprint density at radius 3 is 2.62 bits per heavy atom. The minimum Gasteiger partial charge on any atom is -0.381 e. The van der Waals surface area contributed by atoms with Gasteiger partial charge in [-0.05, 0) is 49.8 Å². The number of sulfonamides is 1. The van der Waals surface area contributed by atoms with E-state index >= 15 is 0 Å². The molecule has 0 amide bonds. The number of rotatable bonds is 5. The lowest BCUT2D eigenvalue weighted by atomic mass is 9.94. The van der Waals surface area contributed by atoms with Crippen LogP contribution in [0.15, 0.2) is 23.1 Å². The van der Waals surface area contributed by atoms with Gasteiger partial charge in [-0.2, -0.15) is 0 Å². The largest absolute Gasteiger partial charge is 0.381 e. The molecule has 0 saturated carbocycles. The third kappa shape index (κ3) is 4.03. The molecule has 0 radical (unpaired) electrons. The summed E-state index contributed by atoms with van der Waals surface area (Å²) in [6.45, 7) is 5.55. The average molecular weight is 312 g/mol. The first-order valence-electron chi connectivity index (χ1n) is 7.33. The van der Waals surface area contributed by atoms with Crippen molar-refractivity contribution in [3.8, 4) is 0 Å². The Balaban J connectivity index is 2.14. The molecule has 118 valence electrons. The molecule has 1 fully saturated rings. The summed E-state index contributed by atoms with van der Waals surface area (Å²) in [4.78, 5) is 0.332. The first-order chi connectivity index (χ1) is 9.94. The van der Waals surface area contributed by atoms with Crippen molar-refractivity contribution < 1.29 is 13.2 Å². The quantitative estimate of drug-likeness (QED) is 0.864. The molecule has 1 aliphatic heterocycles. The van der Waals surface area contributed by atoms with Gasteiger partial charge in [0.05, 0.1) is 4.90 Å². The van der Waals surface area contributed by atoms with Gasteiger partial charge in [-0.15, -0.1) is 0 Å². The van der Waals surface area contributed by atoms with Crippen molar-refractivity contribution in [3.05, 3.63) is 29.3 Å². The highest BCUT2D eigenvalue weighted by atomic mass is 32.2. The first-order valence-corrected chi connectivity index (χ1v) is 8.82. The molecule has 0 bridgehead atoms. The van der Waals surface area contributed by atoms with E-state index in [1.807, 2.05) is 13.0 Å². The molecule has 21 heavy (non-hydrogen) atoms. The van der Waals surface area contributed by atoms with Crippen molar-refractivity contribution in [1.82, 2.24) is 4.72 Å². The fraction of sp³-hybridized carbons (Fsp3) is 0.600. The van der Waals surface area contributed by atoms with E-state index in [2.05, 4.69) is 4.72 Å². The zero-order valence-corrected chi connectivity index (χ0v) is 13.4. The molecular weight excluding hydrogens is 288 g/mol. The van der Waals surface area contributed by atoms with Crippen LogP contribution in [-0.4, -0.2) is 27.7 Å². The molecule has 0 aromatic heterocycles. The molecule has 1 unspecified atom stereocenters. The number of nitrogens with one attached hydrogen (secondary N) is 1. The number of nitrogens with two attached hydrogens (primary N) is 1. The van der Waals surface area contributed by atoms with Gasteiger partial charge in [0.25, 0.3) is 0 Å². The van der Waals surface area contributed by atoms with Gasteiger partial charge in [0.1, 0.15) is 0 Å². The zero-order chi connectivity index (χ0) is 15.5. The van der Waals surface area contributed by atoms with Crippen LogP contribution < -0.4 is 10.5 Å². The Kier molecular flexibility index (Phi) is 5.37. The van der Waals surface area contributed by atoms with E-state index < -0.39 is 10.0 Å². The minimum absolute atomic E-state index is 0.0903. The minimum atomic E-state index is -3.50. The molecule has 0 spiro atoms. The Bertz CT molecular complexity index is 581. The maximum absolute atomic E-state index is 12.5. The third-order valence-electron chi connectivity index (χ3n) is 4.08. The van der Waals surface area contributed by atoms with Crippen LogP contribution in [0.1, 0.15) is 30.9 Å². The number of hydrogen-bond donors (Lipinski definition) is 2. The third-order valence-corrected chi connectivity index (χ3v) is 5.80. The van der Waals surface area contributed by atoms with E-state index in [1.165, 1.54) is 0 Å². The Hall–Kier alpha value is -0.950. The highest BCUT2D eigenvalue weighted by Crippen LogP contribution is 2.22. The van der Waals surface area contributed by atoms with E-state index in [0.717, 1.165) is 24.0 Å². The molecule has 1 atom stereocenters. The zero-order valence-electron chi connectivity index (χ0n) is 12.6. The van der Waals surface area contributed by atoms with Crippen LogP contribution in [0.25, 0.3) is 0 Å². The van der Waals surface area contributed by atoms with Crippen molar-refractivity contribution in [1.29, 1.82) is 0 Å². The van der Waals surface area contributed by atoms with Gasteiger partial charge in [0.15, 0.2) is 0 Å². The van der Waals surface area contributed by atoms with Gasteiger partial charge in [-0.3, -0.25) is 0 Å². The van der Waals surface area contributed by atoms with Crippen molar-refractivity contribution in [2.75, 3.05) is 13.2 Å². The summed E-state index contributed by atoms with van der Waals surface area (Å²) in [6, 6.07) is 5.14. The lowest BCUT2D eigenvalue weighted by Crippen LogP contribution is -2.40. The summed E-state index contributed by atoms with van der Waals surface area (Å²) in [6.07, 6.45) is 1.80. The van der Waals surface area contributed by atoms with Crippen LogP contribution in [0.4, 0.5) is 0 Å². The highest BCUT2D eigenvalue weighted by molar-refractivity contribution is 7.89. The smallest absolute Gasteiger partial charge is 0.241 e. The average Bonchev–Trinajstić information content (AvgIpc) is 2.47. The lowest BCUT2D eigenvalue weighted by Gasteiger charge is -2.28. The maximum Gasteiger partial charge on any atom is 0.241 e. The van der Waals surface area contributed by atoms with Crippen molar-refractivity contribution in [2.24, 2.45) is 11.7 Å². The molecule has 5 nitrogen and oxygen atoms in total. The van der Waals surface area contributed by atoms with Gasteiger partial charge < -0.3 is 10.5 Å². The Morgan fingerprint density at radius 1 is 1.38 bits per heavy atom. The van der Waals surface area contributed by atoms with Gasteiger partial charge >= 0.3 is 0 Å². The van der Waals surface area contributed by atoms with Crippen molar-refractivity contribution >= 4 is 10.0 Å². The highest BCUT2D eigenvalue weighted by Gasteiger charge is 2.26. The predicted octanol–water partition coefficient (Wildman–Crippen LogP) is 1.55. The maximum atomic E-state index is 12.5. The molecule has 6 heteroatoms. The second kappa shape index (κ2) is 6.87. The fourth-order valence-corrected chi connectivity index (χ4v) is 4.30. The van der Waals surface area contributed by atoms with Gasteiger partial charge in [0, 0.05) is 25.8 Å². The van der Waals surface area contributed by atoms with E-state index in [0.29, 0.717) is 30.6 Å². The predicted molar refractivity (Wildman–Crippen MR) is 82.4 cm³/mol. The van der Waals surface area contributed by atoms with Crippen LogP contribution in [0.2, 0.25) is 0 Å². The molecule has 3 N–H and O–H groups in total. The molecule has 1 aromatic rings. The topological polar surface area (TPSA) is 81.4 Å². The van der Waals surface area contributed by atoms with Crippen LogP contribution in [0.5, 0.6) is 0 Å². The summed E-state index contributed by atoms with van der Waals surface area (Å²) < 4.78 is 33.2. The summed E-state index contributed by atoms with van der Waals surface area (Å²) in [7, 11) is -3.50. The Morgan fingerprint density at radius 2 is 2.05 bits per heavy atom. The van der Waals surface area contributed by atoms with Gasteiger partial charge in [-0.1, -0.05) is 12.1 Å². The van der Waals surface area contributed by atoms with Crippen LogP contribution in [0.3, 0.4) is 0 Å². The summed E-state index contributed by atoms with van der Waals surface area (Å²) in [5.74, 6) is 0.331. The van der Waals surface area contributed by atoms with Crippen LogP contribution >= 0.6 is 0 Å². The second-order valence-electron chi connectivity index (χ2n) is 5.66. The molecule has 0 aliphatic carbocycles. The summed E-state index contributed by atoms with van der Waals surface area (Å²) >= 11 is 0. The SMILES string of the molecule is Cc1cc(CN)ccc1S(=O)(=O)NC(C)C1CCOCC1. The number of ether oxygens (including phenoxy) is 1. The van der Waals surface area contributed by atoms with Crippen LogP contribution in [0, 0.1) is 12.8 Å². The summed E-state index contributed by atoms with van der Waals surface area (Å²) in [5.41, 5.74) is 7.24. The number of benzene rings is 1. The standard InChI is InChI=1S/C15H24N2O3S/c1-11-9-13(10-16)3-4-15(11)21(18,19)17-12(2)14-5-7-20-8-6-14/h3-4,9,12,14,17H,5-8,10,16H2,1-2H3. The Labute approximate surface area is 126 Å². The first kappa shape index (κ1) is 16.4. The fourth-order valence-electron chi connectivity index (χ4n) is 2.76. The second-order valence-corrected chi connectivity index (χ2v) is 7.35. The number of aryl methyl sites for hydroxylation is 1. The summed E-state index contributed by atoms with van der Waals surface area (Å²) in [5, 5.41) is 0. The van der Waals surface area contributed by atoms with Gasteiger partial charge in [-0.25, -0.2) is 13.1 Å². The lowest BCUT2D eigenvalue weighted by molar-refractivity contribution is 0.0585. The monoisotopic (exact) mass is 312 g/mol. The van der Waals surface area contributed by atoms with E-state index in [4.69, 9.17) is 10.5 Å². The van der Waals surface area contributed by atoms with Crippen LogP contribution in [-0.2, 0) is 21.3 Å². The molecule has 1 heterocycles. The molecule has 1 aliphatic rings. The van der Waals surface area contributed by atoms with E-state index in [9.17, 15) is 8.42 Å². The van der Waals surface area contributed by atoms with Gasteiger partial charge in [0.2, 0.25) is 10.0 Å². The van der Waals surface area contributed by atoms with E-state index in [-0.39, 0.29) is 6.04 Å². The molecule has 1 saturated heterocycles. The number of hydrogen-bond acceptors (Lipinski definition) is 4. The normalized spacial score (nSPS) is 18.6. The molecule has 1 aromatic carbocycles. The molecular formula is C15H24N2O3S. The van der Waals surface area contributed by atoms with Crippen molar-refractivity contribution in [2.45, 2.75) is 44.2 Å². The molecule has 2 rings (SSSR count). The van der Waals surface area contributed by atoms with Crippen molar-refractivity contribution in [3.63, 3.8) is 0 Å².